The summed E-state index contributed by atoms with van der Waals surface area (Å²) in [5, 5.41) is 0. The van der Waals surface area contributed by atoms with Crippen LogP contribution in [0.1, 0.15) is 28.4 Å². The molecule has 0 bridgehead atoms. The number of hydrogen-bond acceptors (Lipinski definition) is 3. The molecular weight excluding hydrogens is 256 g/mol. The van der Waals surface area contributed by atoms with E-state index in [1.54, 1.807) is 17.4 Å². The van der Waals surface area contributed by atoms with Gasteiger partial charge in [-0.15, -0.1) is 0 Å². The maximum atomic E-state index is 12.4. The molecule has 3 rings (SSSR count). The zero-order valence-corrected chi connectivity index (χ0v) is 9.92. The van der Waals surface area contributed by atoms with Gasteiger partial charge in [0.15, 0.2) is 11.5 Å². The highest BCUT2D eigenvalue weighted by atomic mass is 19.3. The summed E-state index contributed by atoms with van der Waals surface area (Å²) in [6.07, 6.45) is 0.690. The fourth-order valence-corrected chi connectivity index (χ4v) is 2.10. The summed E-state index contributed by atoms with van der Waals surface area (Å²) in [5.74, 6) is -0.909. The number of amides is 1. The van der Waals surface area contributed by atoms with Crippen molar-refractivity contribution in [1.82, 2.24) is 14.5 Å². The van der Waals surface area contributed by atoms with Gasteiger partial charge in [-0.3, -0.25) is 4.79 Å². The van der Waals surface area contributed by atoms with Crippen molar-refractivity contribution < 1.29 is 18.0 Å². The van der Waals surface area contributed by atoms with Crippen molar-refractivity contribution in [3.8, 4) is 0 Å². The van der Waals surface area contributed by atoms with Crippen molar-refractivity contribution in [2.45, 2.75) is 19.5 Å². The number of carbonyl (C=O) groups excluding carboxylic acids is 1. The van der Waals surface area contributed by atoms with Crippen LogP contribution in [0, 0.1) is 0 Å². The molecule has 3 heterocycles. The standard InChI is InChI=1S/C12H11F2N3O2/c13-11(14)9-1-2-10(19-9)12(18)16-3-4-17-7-15-5-8(17)6-16/h1-2,5,7,11H,3-4,6H2. The lowest BCUT2D eigenvalue weighted by molar-refractivity contribution is 0.0661. The van der Waals surface area contributed by atoms with Gasteiger partial charge in [0.25, 0.3) is 12.3 Å². The first-order chi connectivity index (χ1) is 9.15. The first-order valence-electron chi connectivity index (χ1n) is 5.81. The molecule has 2 aromatic heterocycles. The molecule has 0 aromatic carbocycles. The zero-order valence-electron chi connectivity index (χ0n) is 9.92. The molecule has 0 N–H and O–H groups in total. The highest BCUT2D eigenvalue weighted by Crippen LogP contribution is 2.23. The molecule has 5 nitrogen and oxygen atoms in total. The average molecular weight is 267 g/mol. The lowest BCUT2D eigenvalue weighted by Crippen LogP contribution is -2.37. The lowest BCUT2D eigenvalue weighted by Gasteiger charge is -2.27. The van der Waals surface area contributed by atoms with Crippen molar-refractivity contribution in [2.24, 2.45) is 0 Å². The third-order valence-corrected chi connectivity index (χ3v) is 3.10. The molecule has 1 aliphatic heterocycles. The van der Waals surface area contributed by atoms with Crippen molar-refractivity contribution in [3.05, 3.63) is 41.9 Å². The highest BCUT2D eigenvalue weighted by molar-refractivity contribution is 5.91. The largest absolute Gasteiger partial charge is 0.450 e. The SMILES string of the molecule is O=C(c1ccc(C(F)F)o1)N1CCn2cncc2C1. The normalized spacial score (nSPS) is 14.8. The molecule has 100 valence electrons. The van der Waals surface area contributed by atoms with Gasteiger partial charge in [0, 0.05) is 19.3 Å². The summed E-state index contributed by atoms with van der Waals surface area (Å²) in [4.78, 5) is 17.7. The van der Waals surface area contributed by atoms with E-state index >= 15 is 0 Å². The first-order valence-corrected chi connectivity index (χ1v) is 5.81. The van der Waals surface area contributed by atoms with E-state index in [-0.39, 0.29) is 11.7 Å². The molecule has 0 spiro atoms. The fraction of sp³-hybridized carbons (Fsp3) is 0.333. The van der Waals surface area contributed by atoms with Crippen molar-refractivity contribution >= 4 is 5.91 Å². The van der Waals surface area contributed by atoms with Crippen LogP contribution < -0.4 is 0 Å². The summed E-state index contributed by atoms with van der Waals surface area (Å²) < 4.78 is 31.6. The molecule has 0 fully saturated rings. The van der Waals surface area contributed by atoms with E-state index in [2.05, 4.69) is 4.98 Å². The Bertz CT molecular complexity index is 606. The maximum Gasteiger partial charge on any atom is 0.295 e. The average Bonchev–Trinajstić information content (AvgIpc) is 3.06. The number of fused-ring (bicyclic) bond motifs is 1. The van der Waals surface area contributed by atoms with E-state index in [1.807, 2.05) is 4.57 Å². The van der Waals surface area contributed by atoms with Crippen LogP contribution in [-0.4, -0.2) is 26.9 Å². The van der Waals surface area contributed by atoms with Gasteiger partial charge in [0.2, 0.25) is 0 Å². The van der Waals surface area contributed by atoms with Gasteiger partial charge in [-0.05, 0) is 12.1 Å². The van der Waals surface area contributed by atoms with Crippen molar-refractivity contribution in [3.63, 3.8) is 0 Å². The number of aromatic nitrogens is 2. The second-order valence-electron chi connectivity index (χ2n) is 4.31. The Balaban J connectivity index is 1.77. The lowest BCUT2D eigenvalue weighted by atomic mass is 10.3. The van der Waals surface area contributed by atoms with E-state index in [0.29, 0.717) is 19.6 Å². The van der Waals surface area contributed by atoms with Crippen LogP contribution in [0.5, 0.6) is 0 Å². The fourth-order valence-electron chi connectivity index (χ4n) is 2.10. The van der Waals surface area contributed by atoms with E-state index in [4.69, 9.17) is 4.42 Å². The number of carbonyl (C=O) groups is 1. The third kappa shape index (κ3) is 2.11. The van der Waals surface area contributed by atoms with Crippen molar-refractivity contribution in [1.29, 1.82) is 0 Å². The summed E-state index contributed by atoms with van der Waals surface area (Å²) >= 11 is 0. The molecule has 0 atom stereocenters. The number of imidazole rings is 1. The number of rotatable bonds is 2. The molecule has 0 saturated carbocycles. The van der Waals surface area contributed by atoms with Crippen LogP contribution in [0.25, 0.3) is 0 Å². The zero-order chi connectivity index (χ0) is 13.4. The predicted molar refractivity (Wildman–Crippen MR) is 60.6 cm³/mol. The molecule has 1 amide bonds. The number of furan rings is 1. The van der Waals surface area contributed by atoms with Crippen LogP contribution in [0.3, 0.4) is 0 Å². The van der Waals surface area contributed by atoms with Gasteiger partial charge in [-0.1, -0.05) is 0 Å². The van der Waals surface area contributed by atoms with Crippen LogP contribution in [-0.2, 0) is 13.1 Å². The minimum atomic E-state index is -2.70. The molecule has 0 aliphatic carbocycles. The molecule has 19 heavy (non-hydrogen) atoms. The van der Waals surface area contributed by atoms with E-state index < -0.39 is 12.2 Å². The second kappa shape index (κ2) is 4.49. The van der Waals surface area contributed by atoms with Crippen LogP contribution in [0.2, 0.25) is 0 Å². The van der Waals surface area contributed by atoms with E-state index in [1.165, 1.54) is 6.07 Å². The smallest absolute Gasteiger partial charge is 0.295 e. The topological polar surface area (TPSA) is 51.3 Å². The van der Waals surface area contributed by atoms with Gasteiger partial charge >= 0.3 is 0 Å². The number of nitrogens with zero attached hydrogens (tertiary/aromatic N) is 3. The van der Waals surface area contributed by atoms with Gasteiger partial charge < -0.3 is 13.9 Å². The quantitative estimate of drug-likeness (QED) is 0.837. The number of alkyl halides is 2. The molecule has 0 unspecified atom stereocenters. The van der Waals surface area contributed by atoms with Crippen LogP contribution in [0.4, 0.5) is 8.78 Å². The van der Waals surface area contributed by atoms with Crippen molar-refractivity contribution in [2.75, 3.05) is 6.54 Å². The highest BCUT2D eigenvalue weighted by Gasteiger charge is 2.25. The second-order valence-corrected chi connectivity index (χ2v) is 4.31. The number of hydrogen-bond donors (Lipinski definition) is 0. The van der Waals surface area contributed by atoms with Gasteiger partial charge in [-0.25, -0.2) is 13.8 Å². The Kier molecular flexibility index (Phi) is 2.81. The molecule has 7 heteroatoms. The summed E-state index contributed by atoms with van der Waals surface area (Å²) in [5.41, 5.74) is 0.917. The molecule has 1 aliphatic rings. The Hall–Kier alpha value is -2.18. The van der Waals surface area contributed by atoms with Crippen LogP contribution in [0.15, 0.2) is 29.1 Å². The molecule has 2 aromatic rings. The molecule has 0 radical (unpaired) electrons. The minimum Gasteiger partial charge on any atom is -0.450 e. The monoisotopic (exact) mass is 267 g/mol. The predicted octanol–water partition coefficient (Wildman–Crippen LogP) is 2.07. The maximum absolute atomic E-state index is 12.4. The van der Waals surface area contributed by atoms with E-state index in [0.717, 1.165) is 11.8 Å². The number of halogens is 2. The third-order valence-electron chi connectivity index (χ3n) is 3.10. The Morgan fingerprint density at radius 2 is 2.21 bits per heavy atom. The van der Waals surface area contributed by atoms with Gasteiger partial charge in [0.1, 0.15) is 0 Å². The summed E-state index contributed by atoms with van der Waals surface area (Å²) in [6, 6.07) is 2.42. The van der Waals surface area contributed by atoms with Crippen LogP contribution >= 0.6 is 0 Å². The summed E-state index contributed by atoms with van der Waals surface area (Å²) in [7, 11) is 0. The molecule has 0 saturated heterocycles. The van der Waals surface area contributed by atoms with Gasteiger partial charge in [-0.2, -0.15) is 0 Å². The molecular formula is C12H11F2N3O2. The first kappa shape index (κ1) is 11.9. The Morgan fingerprint density at radius 1 is 1.37 bits per heavy atom. The van der Waals surface area contributed by atoms with E-state index in [9.17, 15) is 13.6 Å². The van der Waals surface area contributed by atoms with Gasteiger partial charge in [0.05, 0.1) is 18.6 Å². The summed E-state index contributed by atoms with van der Waals surface area (Å²) in [6.45, 7) is 1.56. The Morgan fingerprint density at radius 3 is 2.95 bits per heavy atom. The minimum absolute atomic E-state index is 0.0525. The Labute approximate surface area is 107 Å².